The lowest BCUT2D eigenvalue weighted by Gasteiger charge is -2.11. The lowest BCUT2D eigenvalue weighted by Crippen LogP contribution is -2.23. The molecule has 0 bridgehead atoms. The molecule has 0 aromatic heterocycles. The number of alkyl halides is 2. The molecular formula is C23H22F2N2O5S. The molecule has 0 fully saturated rings. The van der Waals surface area contributed by atoms with Gasteiger partial charge in [0.05, 0.1) is 11.5 Å². The number of sulfonamides is 1. The summed E-state index contributed by atoms with van der Waals surface area (Å²) in [5.74, 6) is 0.156. The minimum absolute atomic E-state index is 0.0209. The summed E-state index contributed by atoms with van der Waals surface area (Å²) in [6.45, 7) is -0.459. The summed E-state index contributed by atoms with van der Waals surface area (Å²) < 4.78 is 61.8. The van der Waals surface area contributed by atoms with E-state index in [1.807, 2.05) is 6.92 Å². The largest absolute Gasteiger partial charge is 0.494 e. The third-order valence-electron chi connectivity index (χ3n) is 4.42. The van der Waals surface area contributed by atoms with E-state index in [0.717, 1.165) is 0 Å². The van der Waals surface area contributed by atoms with Crippen molar-refractivity contribution in [3.63, 3.8) is 0 Å². The summed E-state index contributed by atoms with van der Waals surface area (Å²) in [6.07, 6.45) is 0. The quantitative estimate of drug-likeness (QED) is 0.452. The van der Waals surface area contributed by atoms with Gasteiger partial charge in [-0.15, -0.1) is 0 Å². The van der Waals surface area contributed by atoms with E-state index in [-0.39, 0.29) is 28.4 Å². The third-order valence-corrected chi connectivity index (χ3v) is 5.82. The van der Waals surface area contributed by atoms with E-state index in [0.29, 0.717) is 17.9 Å². The topological polar surface area (TPSA) is 93.7 Å². The first-order chi connectivity index (χ1) is 15.8. The van der Waals surface area contributed by atoms with Gasteiger partial charge in [0.15, 0.2) is 0 Å². The Morgan fingerprint density at radius 3 is 2.27 bits per heavy atom. The number of hydrogen-bond acceptors (Lipinski definition) is 5. The smallest absolute Gasteiger partial charge is 0.387 e. The number of benzene rings is 3. The van der Waals surface area contributed by atoms with Crippen molar-refractivity contribution in [1.29, 1.82) is 0 Å². The fraction of sp³-hybridized carbons (Fsp3) is 0.174. The van der Waals surface area contributed by atoms with Crippen LogP contribution in [0.2, 0.25) is 0 Å². The average Bonchev–Trinajstić information content (AvgIpc) is 2.78. The van der Waals surface area contributed by atoms with Crippen LogP contribution in [0, 0.1) is 0 Å². The molecule has 174 valence electrons. The Kier molecular flexibility index (Phi) is 7.83. The summed E-state index contributed by atoms with van der Waals surface area (Å²) in [7, 11) is -3.86. The van der Waals surface area contributed by atoms with Crippen LogP contribution >= 0.6 is 0 Å². The minimum atomic E-state index is -3.86. The zero-order valence-electron chi connectivity index (χ0n) is 17.6. The Hall–Kier alpha value is -3.66. The van der Waals surface area contributed by atoms with Gasteiger partial charge in [0.25, 0.3) is 15.9 Å². The molecule has 10 heteroatoms. The highest BCUT2D eigenvalue weighted by molar-refractivity contribution is 7.92. The highest BCUT2D eigenvalue weighted by Gasteiger charge is 2.15. The molecule has 3 rings (SSSR count). The fourth-order valence-electron chi connectivity index (χ4n) is 2.89. The van der Waals surface area contributed by atoms with Gasteiger partial charge in [-0.3, -0.25) is 9.52 Å². The zero-order chi connectivity index (χ0) is 23.8. The van der Waals surface area contributed by atoms with Gasteiger partial charge in [0.2, 0.25) is 0 Å². The Balaban J connectivity index is 1.63. The van der Waals surface area contributed by atoms with Crippen LogP contribution in [0.15, 0.2) is 77.7 Å². The molecule has 2 N–H and O–H groups in total. The van der Waals surface area contributed by atoms with Crippen molar-refractivity contribution in [1.82, 2.24) is 5.32 Å². The second-order valence-electron chi connectivity index (χ2n) is 6.80. The molecular weight excluding hydrogens is 454 g/mol. The Morgan fingerprint density at radius 1 is 0.970 bits per heavy atom. The normalized spacial score (nSPS) is 11.2. The van der Waals surface area contributed by atoms with Gasteiger partial charge in [0, 0.05) is 17.8 Å². The molecule has 0 radical (unpaired) electrons. The summed E-state index contributed by atoms with van der Waals surface area (Å²) in [5.41, 5.74) is 1.15. The summed E-state index contributed by atoms with van der Waals surface area (Å²) >= 11 is 0. The van der Waals surface area contributed by atoms with Gasteiger partial charge >= 0.3 is 6.61 Å². The van der Waals surface area contributed by atoms with Crippen molar-refractivity contribution in [2.75, 3.05) is 11.3 Å². The molecule has 0 aliphatic carbocycles. The van der Waals surface area contributed by atoms with E-state index in [9.17, 15) is 22.0 Å². The van der Waals surface area contributed by atoms with Crippen LogP contribution in [0.1, 0.15) is 22.8 Å². The van der Waals surface area contributed by atoms with Crippen LogP contribution in [-0.4, -0.2) is 27.5 Å². The second-order valence-corrected chi connectivity index (χ2v) is 8.48. The number of rotatable bonds is 10. The number of ether oxygens (including phenoxy) is 2. The first-order valence-corrected chi connectivity index (χ1v) is 11.4. The van der Waals surface area contributed by atoms with Gasteiger partial charge in [0.1, 0.15) is 11.5 Å². The zero-order valence-corrected chi connectivity index (χ0v) is 18.4. The number of nitrogens with one attached hydrogen (secondary N) is 2. The predicted octanol–water partition coefficient (Wildman–Crippen LogP) is 4.42. The van der Waals surface area contributed by atoms with Crippen molar-refractivity contribution in [2.24, 2.45) is 0 Å². The molecule has 0 atom stereocenters. The fourth-order valence-corrected chi connectivity index (χ4v) is 3.94. The maximum atomic E-state index is 12.6. The second kappa shape index (κ2) is 10.8. The van der Waals surface area contributed by atoms with Crippen molar-refractivity contribution in [3.8, 4) is 11.5 Å². The van der Waals surface area contributed by atoms with Crippen molar-refractivity contribution in [3.05, 3.63) is 83.9 Å². The molecule has 33 heavy (non-hydrogen) atoms. The van der Waals surface area contributed by atoms with Crippen LogP contribution in [0.3, 0.4) is 0 Å². The molecule has 0 aliphatic heterocycles. The molecule has 3 aromatic carbocycles. The van der Waals surface area contributed by atoms with Crippen LogP contribution in [0.25, 0.3) is 0 Å². The lowest BCUT2D eigenvalue weighted by molar-refractivity contribution is -0.0498. The van der Waals surface area contributed by atoms with Crippen LogP contribution in [-0.2, 0) is 16.6 Å². The molecule has 0 spiro atoms. The maximum Gasteiger partial charge on any atom is 0.387 e. The Morgan fingerprint density at radius 2 is 1.64 bits per heavy atom. The van der Waals surface area contributed by atoms with E-state index in [4.69, 9.17) is 4.74 Å². The van der Waals surface area contributed by atoms with Gasteiger partial charge in [-0.1, -0.05) is 18.2 Å². The SMILES string of the molecule is CCOc1ccc(S(=O)(=O)Nc2cccc(C(=O)NCc3ccc(OC(F)F)cc3)c2)cc1. The number of halogens is 2. The summed E-state index contributed by atoms with van der Waals surface area (Å²) in [6, 6.07) is 17.9. The monoisotopic (exact) mass is 476 g/mol. The number of carbonyl (C=O) groups is 1. The van der Waals surface area contributed by atoms with Crippen LogP contribution in [0.4, 0.5) is 14.5 Å². The maximum absolute atomic E-state index is 12.6. The average molecular weight is 477 g/mol. The number of anilines is 1. The van der Waals surface area contributed by atoms with Crippen molar-refractivity contribution in [2.45, 2.75) is 25.0 Å². The highest BCUT2D eigenvalue weighted by Crippen LogP contribution is 2.20. The molecule has 1 amide bonds. The van der Waals surface area contributed by atoms with E-state index >= 15 is 0 Å². The summed E-state index contributed by atoms with van der Waals surface area (Å²) in [5, 5.41) is 2.70. The lowest BCUT2D eigenvalue weighted by atomic mass is 10.1. The van der Waals surface area contributed by atoms with Crippen molar-refractivity contribution < 1.29 is 31.5 Å². The molecule has 7 nitrogen and oxygen atoms in total. The van der Waals surface area contributed by atoms with E-state index in [1.54, 1.807) is 36.4 Å². The number of hydrogen-bond donors (Lipinski definition) is 2. The standard InChI is InChI=1S/C23H22F2N2O5S/c1-2-31-19-10-12-21(13-11-19)33(29,30)27-18-5-3-4-17(14-18)22(28)26-15-16-6-8-20(9-7-16)32-23(24)25/h3-14,23,27H,2,15H2,1H3,(H,26,28). The first kappa shape index (κ1) is 24.0. The number of amides is 1. The molecule has 0 saturated carbocycles. The van der Waals surface area contributed by atoms with E-state index in [2.05, 4.69) is 14.8 Å². The van der Waals surface area contributed by atoms with Gasteiger partial charge < -0.3 is 14.8 Å². The molecule has 0 heterocycles. The molecule has 0 saturated heterocycles. The Labute approximate surface area is 190 Å². The van der Waals surface area contributed by atoms with Crippen molar-refractivity contribution >= 4 is 21.6 Å². The van der Waals surface area contributed by atoms with Crippen LogP contribution in [0.5, 0.6) is 11.5 Å². The highest BCUT2D eigenvalue weighted by atomic mass is 32.2. The van der Waals surface area contributed by atoms with Gasteiger partial charge in [-0.25, -0.2) is 8.42 Å². The first-order valence-electron chi connectivity index (χ1n) is 9.94. The predicted molar refractivity (Wildman–Crippen MR) is 119 cm³/mol. The van der Waals surface area contributed by atoms with E-state index < -0.39 is 22.5 Å². The summed E-state index contributed by atoms with van der Waals surface area (Å²) in [4.78, 5) is 12.5. The molecule has 0 aliphatic rings. The van der Waals surface area contributed by atoms with Crippen LogP contribution < -0.4 is 19.5 Å². The van der Waals surface area contributed by atoms with Gasteiger partial charge in [-0.2, -0.15) is 8.78 Å². The minimum Gasteiger partial charge on any atom is -0.494 e. The third kappa shape index (κ3) is 6.91. The van der Waals surface area contributed by atoms with E-state index in [1.165, 1.54) is 36.4 Å². The molecule has 3 aromatic rings. The Bertz CT molecular complexity index is 1180. The number of carbonyl (C=O) groups excluding carboxylic acids is 1. The van der Waals surface area contributed by atoms with Gasteiger partial charge in [-0.05, 0) is 67.1 Å². The molecule has 0 unspecified atom stereocenters.